The Morgan fingerprint density at radius 3 is 3.06 bits per heavy atom. The summed E-state index contributed by atoms with van der Waals surface area (Å²) in [6.45, 7) is 2.70. The molecule has 1 atom stereocenters. The zero-order chi connectivity index (χ0) is 13.0. The molecule has 100 valence electrons. The van der Waals surface area contributed by atoms with Crippen molar-refractivity contribution < 1.29 is 4.74 Å². The van der Waals surface area contributed by atoms with E-state index >= 15 is 0 Å². The van der Waals surface area contributed by atoms with Gasteiger partial charge >= 0.3 is 0 Å². The van der Waals surface area contributed by atoms with Crippen LogP contribution < -0.4 is 10.6 Å². The number of ether oxygens (including phenoxy) is 1. The molecule has 0 bridgehead atoms. The smallest absolute Gasteiger partial charge is 0.191 e. The van der Waals surface area contributed by atoms with E-state index in [0.717, 1.165) is 37.2 Å². The van der Waals surface area contributed by atoms with Gasteiger partial charge in [-0.25, -0.2) is 9.97 Å². The lowest BCUT2D eigenvalue weighted by Gasteiger charge is -2.27. The van der Waals surface area contributed by atoms with Crippen LogP contribution in [0.25, 0.3) is 0 Å². The van der Waals surface area contributed by atoms with E-state index in [9.17, 15) is 0 Å². The summed E-state index contributed by atoms with van der Waals surface area (Å²) >= 11 is 1.51. The van der Waals surface area contributed by atoms with Crippen molar-refractivity contribution >= 4 is 23.4 Å². The number of hydrogen-bond donors (Lipinski definition) is 1. The molecule has 0 spiro atoms. The maximum atomic E-state index is 5.79. The Labute approximate surface area is 112 Å². The predicted molar refractivity (Wildman–Crippen MR) is 75.0 cm³/mol. The molecular weight excluding hydrogens is 248 g/mol. The second kappa shape index (κ2) is 6.24. The van der Waals surface area contributed by atoms with Crippen LogP contribution in [0.5, 0.6) is 0 Å². The third-order valence-corrected chi connectivity index (χ3v) is 3.62. The van der Waals surface area contributed by atoms with Crippen LogP contribution in [0, 0.1) is 5.92 Å². The molecule has 2 heterocycles. The van der Waals surface area contributed by atoms with E-state index in [1.54, 1.807) is 0 Å². The minimum atomic E-state index is 0.524. The molecule has 0 amide bonds. The molecule has 5 nitrogen and oxygen atoms in total. The molecule has 0 aliphatic carbocycles. The molecule has 6 heteroatoms. The third kappa shape index (κ3) is 3.49. The molecule has 1 aromatic heterocycles. The van der Waals surface area contributed by atoms with Crippen LogP contribution in [-0.4, -0.2) is 43.0 Å². The monoisotopic (exact) mass is 268 g/mol. The van der Waals surface area contributed by atoms with Crippen LogP contribution >= 0.6 is 11.8 Å². The molecule has 1 unspecified atom stereocenters. The summed E-state index contributed by atoms with van der Waals surface area (Å²) in [6, 6.07) is 1.82. The number of nitrogens with two attached hydrogens (primary N) is 1. The minimum absolute atomic E-state index is 0.524. The van der Waals surface area contributed by atoms with Gasteiger partial charge in [0, 0.05) is 26.3 Å². The lowest BCUT2D eigenvalue weighted by Crippen LogP contribution is -2.31. The Kier molecular flexibility index (Phi) is 4.66. The van der Waals surface area contributed by atoms with Crippen molar-refractivity contribution in [3.05, 3.63) is 6.07 Å². The van der Waals surface area contributed by atoms with Crippen LogP contribution in [-0.2, 0) is 4.74 Å². The van der Waals surface area contributed by atoms with Crippen LogP contribution in [0.15, 0.2) is 11.2 Å². The molecule has 2 rings (SSSR count). The first-order valence-corrected chi connectivity index (χ1v) is 7.39. The van der Waals surface area contributed by atoms with Gasteiger partial charge in [0.1, 0.15) is 11.6 Å². The molecule has 18 heavy (non-hydrogen) atoms. The zero-order valence-corrected chi connectivity index (χ0v) is 11.7. The maximum absolute atomic E-state index is 5.79. The molecule has 1 aromatic rings. The van der Waals surface area contributed by atoms with E-state index in [0.29, 0.717) is 11.7 Å². The first-order chi connectivity index (χ1) is 8.69. The SMILES string of the molecule is CSc1nc(N)cc(N(C)CC2CCCOC2)n1. The van der Waals surface area contributed by atoms with Crippen LogP contribution in [0.1, 0.15) is 12.8 Å². The normalized spacial score (nSPS) is 19.8. The van der Waals surface area contributed by atoms with Gasteiger partial charge in [0.15, 0.2) is 5.16 Å². The molecule has 0 saturated carbocycles. The number of nitrogens with zero attached hydrogens (tertiary/aromatic N) is 3. The summed E-state index contributed by atoms with van der Waals surface area (Å²) < 4.78 is 5.50. The summed E-state index contributed by atoms with van der Waals surface area (Å²) in [7, 11) is 2.04. The summed E-state index contributed by atoms with van der Waals surface area (Å²) in [5.41, 5.74) is 5.79. The summed E-state index contributed by atoms with van der Waals surface area (Å²) in [5, 5.41) is 0.719. The number of nitrogen functional groups attached to an aromatic ring is 1. The van der Waals surface area contributed by atoms with E-state index in [1.807, 2.05) is 19.4 Å². The lowest BCUT2D eigenvalue weighted by molar-refractivity contribution is 0.0576. The molecule has 2 N–H and O–H groups in total. The van der Waals surface area contributed by atoms with Gasteiger partial charge in [0.25, 0.3) is 0 Å². The fourth-order valence-electron chi connectivity index (χ4n) is 2.15. The van der Waals surface area contributed by atoms with Crippen molar-refractivity contribution in [1.82, 2.24) is 9.97 Å². The van der Waals surface area contributed by atoms with Crippen molar-refractivity contribution in [3.63, 3.8) is 0 Å². The highest BCUT2D eigenvalue weighted by molar-refractivity contribution is 7.98. The third-order valence-electron chi connectivity index (χ3n) is 3.07. The molecule has 0 radical (unpaired) electrons. The first-order valence-electron chi connectivity index (χ1n) is 6.16. The van der Waals surface area contributed by atoms with Crippen molar-refractivity contribution in [3.8, 4) is 0 Å². The molecule has 1 fully saturated rings. The number of anilines is 2. The van der Waals surface area contributed by atoms with Gasteiger partial charge in [-0.1, -0.05) is 11.8 Å². The van der Waals surface area contributed by atoms with Crippen molar-refractivity contribution in [2.75, 3.05) is 43.7 Å². The second-order valence-corrected chi connectivity index (χ2v) is 5.37. The topological polar surface area (TPSA) is 64.3 Å². The highest BCUT2D eigenvalue weighted by Gasteiger charge is 2.17. The second-order valence-electron chi connectivity index (χ2n) is 4.60. The van der Waals surface area contributed by atoms with Crippen molar-refractivity contribution in [1.29, 1.82) is 0 Å². The summed E-state index contributed by atoms with van der Waals surface area (Å²) in [4.78, 5) is 10.8. The fourth-order valence-corrected chi connectivity index (χ4v) is 2.53. The number of rotatable bonds is 4. The summed E-state index contributed by atoms with van der Waals surface area (Å²) in [6.07, 6.45) is 4.33. The van der Waals surface area contributed by atoms with Gasteiger partial charge in [-0.2, -0.15) is 0 Å². The quantitative estimate of drug-likeness (QED) is 0.661. The maximum Gasteiger partial charge on any atom is 0.191 e. The van der Waals surface area contributed by atoms with Gasteiger partial charge in [0.2, 0.25) is 0 Å². The van der Waals surface area contributed by atoms with E-state index in [2.05, 4.69) is 14.9 Å². The average molecular weight is 268 g/mol. The highest BCUT2D eigenvalue weighted by Crippen LogP contribution is 2.21. The average Bonchev–Trinajstić information content (AvgIpc) is 2.39. The Morgan fingerprint density at radius 1 is 1.56 bits per heavy atom. The molecular formula is C12H20N4OS. The zero-order valence-electron chi connectivity index (χ0n) is 10.9. The number of thioether (sulfide) groups is 1. The van der Waals surface area contributed by atoms with Gasteiger partial charge in [0.05, 0.1) is 6.61 Å². The summed E-state index contributed by atoms with van der Waals surface area (Å²) in [5.74, 6) is 1.99. The standard InChI is InChI=1S/C12H20N4OS/c1-16(7-9-4-3-5-17-8-9)11-6-10(13)14-12(15-11)18-2/h6,9H,3-5,7-8H2,1-2H3,(H2,13,14,15). The first kappa shape index (κ1) is 13.4. The minimum Gasteiger partial charge on any atom is -0.383 e. The van der Waals surface area contributed by atoms with Gasteiger partial charge in [-0.05, 0) is 25.0 Å². The van der Waals surface area contributed by atoms with E-state index in [4.69, 9.17) is 10.5 Å². The Hall–Kier alpha value is -1.01. The molecule has 1 aliphatic heterocycles. The van der Waals surface area contributed by atoms with Gasteiger partial charge < -0.3 is 15.4 Å². The van der Waals surface area contributed by atoms with Gasteiger partial charge in [-0.3, -0.25) is 0 Å². The Morgan fingerprint density at radius 2 is 2.39 bits per heavy atom. The van der Waals surface area contributed by atoms with Gasteiger partial charge in [-0.15, -0.1) is 0 Å². The number of hydrogen-bond acceptors (Lipinski definition) is 6. The van der Waals surface area contributed by atoms with E-state index < -0.39 is 0 Å². The van der Waals surface area contributed by atoms with Crippen molar-refractivity contribution in [2.24, 2.45) is 5.92 Å². The molecule has 1 saturated heterocycles. The molecule has 1 aliphatic rings. The number of aromatic nitrogens is 2. The van der Waals surface area contributed by atoms with Crippen LogP contribution in [0.3, 0.4) is 0 Å². The Bertz CT molecular complexity index is 396. The lowest BCUT2D eigenvalue weighted by atomic mass is 10.0. The van der Waals surface area contributed by atoms with Crippen LogP contribution in [0.4, 0.5) is 11.6 Å². The van der Waals surface area contributed by atoms with E-state index in [-0.39, 0.29) is 0 Å². The largest absolute Gasteiger partial charge is 0.383 e. The predicted octanol–water partition coefficient (Wildman–Crippen LogP) is 1.64. The van der Waals surface area contributed by atoms with Crippen molar-refractivity contribution in [2.45, 2.75) is 18.0 Å². The van der Waals surface area contributed by atoms with E-state index in [1.165, 1.54) is 18.2 Å². The Balaban J connectivity index is 2.02. The highest BCUT2D eigenvalue weighted by atomic mass is 32.2. The molecule has 0 aromatic carbocycles. The fraction of sp³-hybridized carbons (Fsp3) is 0.667. The van der Waals surface area contributed by atoms with Crippen LogP contribution in [0.2, 0.25) is 0 Å².